The molecule has 1 N–H and O–H groups in total. The summed E-state index contributed by atoms with van der Waals surface area (Å²) in [5, 5.41) is 0. The molecule has 0 saturated carbocycles. The van der Waals surface area contributed by atoms with Crippen molar-refractivity contribution in [3.63, 3.8) is 0 Å². The van der Waals surface area contributed by atoms with Crippen molar-refractivity contribution in [2.45, 2.75) is 6.54 Å². The molecule has 0 unspecified atom stereocenters. The molecule has 2 aliphatic rings. The van der Waals surface area contributed by atoms with Gasteiger partial charge in [-0.05, 0) is 18.2 Å². The molecule has 1 saturated heterocycles. The van der Waals surface area contributed by atoms with Crippen molar-refractivity contribution in [1.82, 2.24) is 9.97 Å². The maximum absolute atomic E-state index is 5.45. The zero-order chi connectivity index (χ0) is 14.8. The van der Waals surface area contributed by atoms with E-state index in [9.17, 15) is 0 Å². The lowest BCUT2D eigenvalue weighted by Crippen LogP contribution is -3.13. The molecule has 2 aliphatic heterocycles. The molecule has 0 aliphatic carbocycles. The second-order valence-electron chi connectivity index (χ2n) is 5.67. The SMILES string of the molecule is c1cnc(N2CC[NH+](Cc3ccc4c(c3)OCO4)CC2)cn1. The highest BCUT2D eigenvalue weighted by Gasteiger charge is 2.22. The second kappa shape index (κ2) is 5.81. The van der Waals surface area contributed by atoms with Gasteiger partial charge in [0.2, 0.25) is 6.79 Å². The monoisotopic (exact) mass is 299 g/mol. The average Bonchev–Trinajstić information content (AvgIpc) is 3.04. The highest BCUT2D eigenvalue weighted by atomic mass is 16.7. The number of nitrogens with zero attached hydrogens (tertiary/aromatic N) is 3. The normalized spacial score (nSPS) is 17.7. The molecule has 0 bridgehead atoms. The topological polar surface area (TPSA) is 51.9 Å². The molecule has 3 heterocycles. The maximum atomic E-state index is 5.45. The molecule has 114 valence electrons. The standard InChI is InChI=1S/C16H18N4O2/c1-2-14-15(22-12-21-14)9-13(1)11-19-5-7-20(8-6-19)16-10-17-3-4-18-16/h1-4,9-10H,5-8,11-12H2/p+1. The van der Waals surface area contributed by atoms with E-state index in [0.717, 1.165) is 50.0 Å². The summed E-state index contributed by atoms with van der Waals surface area (Å²) in [7, 11) is 0. The highest BCUT2D eigenvalue weighted by Crippen LogP contribution is 2.32. The molecule has 0 amide bonds. The molecule has 0 atom stereocenters. The van der Waals surface area contributed by atoms with Gasteiger partial charge in [0.1, 0.15) is 12.4 Å². The van der Waals surface area contributed by atoms with Gasteiger partial charge in [0, 0.05) is 18.0 Å². The first kappa shape index (κ1) is 13.3. The fourth-order valence-electron chi connectivity index (χ4n) is 3.02. The number of hydrogen-bond donors (Lipinski definition) is 1. The van der Waals surface area contributed by atoms with E-state index in [4.69, 9.17) is 9.47 Å². The molecule has 6 nitrogen and oxygen atoms in total. The predicted molar refractivity (Wildman–Crippen MR) is 81.2 cm³/mol. The first-order valence-corrected chi connectivity index (χ1v) is 7.61. The number of nitrogens with one attached hydrogen (secondary N) is 1. The molecular weight excluding hydrogens is 280 g/mol. The van der Waals surface area contributed by atoms with Gasteiger partial charge in [-0.3, -0.25) is 4.98 Å². The summed E-state index contributed by atoms with van der Waals surface area (Å²) in [6.07, 6.45) is 5.30. The Kier molecular flexibility index (Phi) is 3.52. The summed E-state index contributed by atoms with van der Waals surface area (Å²) in [5.41, 5.74) is 1.30. The molecule has 6 heteroatoms. The van der Waals surface area contributed by atoms with E-state index < -0.39 is 0 Å². The zero-order valence-corrected chi connectivity index (χ0v) is 12.4. The number of fused-ring (bicyclic) bond motifs is 1. The Morgan fingerprint density at radius 2 is 1.95 bits per heavy atom. The van der Waals surface area contributed by atoms with Gasteiger partial charge in [0.15, 0.2) is 11.5 Å². The van der Waals surface area contributed by atoms with Gasteiger partial charge < -0.3 is 19.3 Å². The van der Waals surface area contributed by atoms with Gasteiger partial charge in [-0.15, -0.1) is 0 Å². The van der Waals surface area contributed by atoms with Crippen LogP contribution < -0.4 is 19.3 Å². The van der Waals surface area contributed by atoms with Crippen LogP contribution in [0.1, 0.15) is 5.56 Å². The minimum atomic E-state index is 0.336. The van der Waals surface area contributed by atoms with E-state index in [-0.39, 0.29) is 0 Å². The lowest BCUT2D eigenvalue weighted by Gasteiger charge is -2.32. The number of quaternary nitrogens is 1. The van der Waals surface area contributed by atoms with Crippen LogP contribution in [0.15, 0.2) is 36.8 Å². The van der Waals surface area contributed by atoms with E-state index in [1.165, 1.54) is 5.56 Å². The number of benzene rings is 1. The predicted octanol–water partition coefficient (Wildman–Crippen LogP) is 0.110. The van der Waals surface area contributed by atoms with Crippen LogP contribution in [0.3, 0.4) is 0 Å². The van der Waals surface area contributed by atoms with E-state index in [1.807, 2.05) is 12.3 Å². The van der Waals surface area contributed by atoms with Crippen LogP contribution in [-0.4, -0.2) is 42.9 Å². The zero-order valence-electron chi connectivity index (χ0n) is 12.4. The molecule has 0 spiro atoms. The third-order valence-corrected chi connectivity index (χ3v) is 4.24. The average molecular weight is 299 g/mol. The summed E-state index contributed by atoms with van der Waals surface area (Å²) in [6.45, 7) is 5.58. The highest BCUT2D eigenvalue weighted by molar-refractivity contribution is 5.44. The molecule has 1 aromatic heterocycles. The van der Waals surface area contributed by atoms with Crippen LogP contribution in [0.25, 0.3) is 0 Å². The Hall–Kier alpha value is -2.34. The molecular formula is C16H19N4O2+. The molecule has 1 aromatic carbocycles. The van der Waals surface area contributed by atoms with Gasteiger partial charge in [0.25, 0.3) is 0 Å². The number of ether oxygens (including phenoxy) is 2. The lowest BCUT2D eigenvalue weighted by molar-refractivity contribution is -0.914. The maximum Gasteiger partial charge on any atom is 0.231 e. The van der Waals surface area contributed by atoms with Gasteiger partial charge in [-0.1, -0.05) is 0 Å². The van der Waals surface area contributed by atoms with Crippen LogP contribution in [0.5, 0.6) is 11.5 Å². The Bertz CT molecular complexity index is 642. The molecule has 2 aromatic rings. The quantitative estimate of drug-likeness (QED) is 0.872. The second-order valence-corrected chi connectivity index (χ2v) is 5.67. The van der Waals surface area contributed by atoms with Crippen LogP contribution in [0.2, 0.25) is 0 Å². The van der Waals surface area contributed by atoms with Crippen LogP contribution in [0, 0.1) is 0 Å². The first-order valence-electron chi connectivity index (χ1n) is 7.61. The van der Waals surface area contributed by atoms with Crippen LogP contribution in [-0.2, 0) is 6.54 Å². The van der Waals surface area contributed by atoms with Crippen molar-refractivity contribution in [3.8, 4) is 11.5 Å². The largest absolute Gasteiger partial charge is 0.454 e. The summed E-state index contributed by atoms with van der Waals surface area (Å²) < 4.78 is 10.8. The van der Waals surface area contributed by atoms with Crippen molar-refractivity contribution in [1.29, 1.82) is 0 Å². The van der Waals surface area contributed by atoms with Crippen molar-refractivity contribution in [3.05, 3.63) is 42.4 Å². The fourth-order valence-corrected chi connectivity index (χ4v) is 3.02. The van der Waals surface area contributed by atoms with Crippen molar-refractivity contribution in [2.24, 2.45) is 0 Å². The van der Waals surface area contributed by atoms with Gasteiger partial charge in [0.05, 0.1) is 32.4 Å². The van der Waals surface area contributed by atoms with Crippen molar-refractivity contribution >= 4 is 5.82 Å². The summed E-state index contributed by atoms with van der Waals surface area (Å²) >= 11 is 0. The van der Waals surface area contributed by atoms with Crippen LogP contribution >= 0.6 is 0 Å². The molecule has 4 rings (SSSR count). The number of anilines is 1. The minimum absolute atomic E-state index is 0.336. The molecule has 22 heavy (non-hydrogen) atoms. The van der Waals surface area contributed by atoms with E-state index in [2.05, 4.69) is 27.0 Å². The van der Waals surface area contributed by atoms with Crippen molar-refractivity contribution < 1.29 is 14.4 Å². The Balaban J connectivity index is 1.36. The third-order valence-electron chi connectivity index (χ3n) is 4.24. The smallest absolute Gasteiger partial charge is 0.231 e. The van der Waals surface area contributed by atoms with Gasteiger partial charge in [-0.25, -0.2) is 4.98 Å². The summed E-state index contributed by atoms with van der Waals surface area (Å²) in [5.74, 6) is 2.70. The number of hydrogen-bond acceptors (Lipinski definition) is 5. The van der Waals surface area contributed by atoms with E-state index in [0.29, 0.717) is 6.79 Å². The summed E-state index contributed by atoms with van der Waals surface area (Å²) in [6, 6.07) is 6.24. The van der Waals surface area contributed by atoms with E-state index >= 15 is 0 Å². The number of piperazine rings is 1. The first-order chi connectivity index (χ1) is 10.9. The third kappa shape index (κ3) is 2.69. The number of aromatic nitrogens is 2. The Labute approximate surface area is 129 Å². The minimum Gasteiger partial charge on any atom is -0.454 e. The van der Waals surface area contributed by atoms with Crippen LogP contribution in [0.4, 0.5) is 5.82 Å². The number of rotatable bonds is 3. The fraction of sp³-hybridized carbons (Fsp3) is 0.375. The molecule has 1 fully saturated rings. The molecule has 0 radical (unpaired) electrons. The summed E-state index contributed by atoms with van der Waals surface area (Å²) in [4.78, 5) is 12.4. The van der Waals surface area contributed by atoms with Crippen molar-refractivity contribution in [2.75, 3.05) is 37.9 Å². The van der Waals surface area contributed by atoms with Gasteiger partial charge >= 0.3 is 0 Å². The van der Waals surface area contributed by atoms with Gasteiger partial charge in [-0.2, -0.15) is 0 Å². The lowest BCUT2D eigenvalue weighted by atomic mass is 10.1. The van der Waals surface area contributed by atoms with E-state index in [1.54, 1.807) is 17.3 Å². The Morgan fingerprint density at radius 3 is 2.77 bits per heavy atom. The Morgan fingerprint density at radius 1 is 1.09 bits per heavy atom.